The average molecular weight is 798 g/mol. The van der Waals surface area contributed by atoms with Gasteiger partial charge in [-0.05, 0) is 81.1 Å². The van der Waals surface area contributed by atoms with Crippen molar-refractivity contribution in [1.82, 2.24) is 26.2 Å². The van der Waals surface area contributed by atoms with Crippen molar-refractivity contribution in [3.8, 4) is 0 Å². The Kier molecular flexibility index (Phi) is 13.4. The zero-order valence-corrected chi connectivity index (χ0v) is 35.6. The van der Waals surface area contributed by atoms with Gasteiger partial charge in [-0.3, -0.25) is 19.2 Å². The third-order valence-corrected chi connectivity index (χ3v) is 16.4. The number of ketones is 1. The van der Waals surface area contributed by atoms with Gasteiger partial charge < -0.3 is 26.2 Å². The number of nitrogens with one attached hydrogen (secondary N) is 4. The van der Waals surface area contributed by atoms with Gasteiger partial charge in [0.25, 0.3) is 5.91 Å². The molecule has 0 spiro atoms. The number of nitrogens with zero attached hydrogens (tertiary/aromatic N) is 1. The van der Waals surface area contributed by atoms with Gasteiger partial charge in [0, 0.05) is 13.1 Å². The molecule has 12 nitrogen and oxygen atoms in total. The van der Waals surface area contributed by atoms with Crippen LogP contribution in [0.15, 0.2) is 30.3 Å². The minimum Gasteiger partial charge on any atom is -0.345 e. The van der Waals surface area contributed by atoms with Crippen LogP contribution in [0.3, 0.4) is 0 Å². The molecule has 4 N–H and O–H groups in total. The Hall–Kier alpha value is -3.48. The van der Waals surface area contributed by atoms with Crippen LogP contribution in [0.2, 0.25) is 0 Å². The van der Waals surface area contributed by atoms with Crippen molar-refractivity contribution in [3.63, 3.8) is 0 Å². The molecule has 1 aliphatic heterocycles. The Balaban J connectivity index is 1.38. The lowest BCUT2D eigenvalue weighted by Gasteiger charge is -2.44. The molecule has 4 aliphatic rings. The monoisotopic (exact) mass is 797 g/mol. The maximum absolute atomic E-state index is 15.0. The zero-order chi connectivity index (χ0) is 41.1. The maximum Gasteiger partial charge on any atom is 0.315 e. The number of piperidine rings is 1. The molecular formula is C43H67N5O7S. The van der Waals surface area contributed by atoms with Crippen LogP contribution >= 0.6 is 0 Å². The van der Waals surface area contributed by atoms with Gasteiger partial charge in [-0.15, -0.1) is 0 Å². The first-order valence-corrected chi connectivity index (χ1v) is 22.7. The first kappa shape index (κ1) is 43.6. The summed E-state index contributed by atoms with van der Waals surface area (Å²) in [4.78, 5) is 71.9. The number of carbonyl (C=O) groups excluding carboxylic acids is 5. The van der Waals surface area contributed by atoms with Crippen molar-refractivity contribution in [3.05, 3.63) is 35.9 Å². The lowest BCUT2D eigenvalue weighted by Crippen LogP contribution is -2.65. The third-order valence-electron chi connectivity index (χ3n) is 13.6. The molecule has 4 fully saturated rings. The standard InChI is InChI=1S/C43H67N5O7S/c1-8-9-21-31(34(49)37(51)44-26-29-19-13-10-14-20-29)45-36(50)33-32-30(41(32,5)6)27-48(33)38(52)35(42(7)22-15-11-16-23-42)46-39(53)47-43(24-17-12-18-25-43)28-56(54,55)40(2,3)4/h10,13-14,19-20,30-33,35H,8-9,11-12,15-18,21-28H2,1-7H3,(H,44,51)(H,45,50)(H2,46,47,53)/t30-,31?,32-,33-,35+/m0/s1. The molecule has 312 valence electrons. The summed E-state index contributed by atoms with van der Waals surface area (Å²) in [7, 11) is -3.58. The minimum atomic E-state index is -3.58. The summed E-state index contributed by atoms with van der Waals surface area (Å²) in [6.07, 6.45) is 9.49. The van der Waals surface area contributed by atoms with Gasteiger partial charge >= 0.3 is 6.03 Å². The van der Waals surface area contributed by atoms with E-state index in [9.17, 15) is 27.6 Å². The molecule has 3 saturated carbocycles. The van der Waals surface area contributed by atoms with Gasteiger partial charge in [0.05, 0.1) is 22.1 Å². The molecule has 1 heterocycles. The number of Topliss-reactive ketones (excluding diaryl/α,β-unsaturated/α-hetero) is 1. The van der Waals surface area contributed by atoms with Crippen LogP contribution in [0.5, 0.6) is 0 Å². The van der Waals surface area contributed by atoms with Gasteiger partial charge in [-0.25, -0.2) is 13.2 Å². The zero-order valence-electron chi connectivity index (χ0n) is 34.8. The first-order valence-electron chi connectivity index (χ1n) is 21.0. The normalized spacial score (nSPS) is 24.8. The Bertz CT molecular complexity index is 1710. The van der Waals surface area contributed by atoms with Crippen molar-refractivity contribution < 1.29 is 32.4 Å². The fraction of sp³-hybridized carbons (Fsp3) is 0.744. The smallest absolute Gasteiger partial charge is 0.315 e. The van der Waals surface area contributed by atoms with E-state index in [4.69, 9.17) is 0 Å². The van der Waals surface area contributed by atoms with Crippen LogP contribution in [-0.2, 0) is 35.6 Å². The molecule has 1 aromatic carbocycles. The quantitative estimate of drug-likeness (QED) is 0.168. The summed E-state index contributed by atoms with van der Waals surface area (Å²) in [6, 6.07) is 5.81. The summed E-state index contributed by atoms with van der Waals surface area (Å²) >= 11 is 0. The maximum atomic E-state index is 15.0. The van der Waals surface area contributed by atoms with E-state index in [1.807, 2.05) is 44.2 Å². The van der Waals surface area contributed by atoms with E-state index in [0.717, 1.165) is 50.5 Å². The van der Waals surface area contributed by atoms with Gasteiger partial charge in [-0.1, -0.05) is 109 Å². The van der Waals surface area contributed by atoms with Crippen LogP contribution in [0.25, 0.3) is 0 Å². The highest BCUT2D eigenvalue weighted by atomic mass is 32.2. The summed E-state index contributed by atoms with van der Waals surface area (Å²) in [5, 5.41) is 11.8. The number of benzene rings is 1. The van der Waals surface area contributed by atoms with E-state index in [1.165, 1.54) is 0 Å². The molecule has 5 atom stereocenters. The number of rotatable bonds is 15. The van der Waals surface area contributed by atoms with Crippen LogP contribution in [0.4, 0.5) is 4.79 Å². The Morgan fingerprint density at radius 3 is 2.07 bits per heavy atom. The van der Waals surface area contributed by atoms with Crippen LogP contribution in [-0.4, -0.2) is 83.6 Å². The lowest BCUT2D eigenvalue weighted by molar-refractivity contribution is -0.146. The number of fused-ring (bicyclic) bond motifs is 1. The van der Waals surface area contributed by atoms with Crippen molar-refractivity contribution in [1.29, 1.82) is 0 Å². The molecule has 1 unspecified atom stereocenters. The van der Waals surface area contributed by atoms with E-state index in [-0.39, 0.29) is 41.9 Å². The molecule has 5 rings (SSSR count). The number of likely N-dealkylation sites (tertiary alicyclic amines) is 1. The predicted molar refractivity (Wildman–Crippen MR) is 217 cm³/mol. The number of hydrogen-bond acceptors (Lipinski definition) is 7. The Morgan fingerprint density at radius 1 is 0.875 bits per heavy atom. The topological polar surface area (TPSA) is 171 Å². The largest absolute Gasteiger partial charge is 0.345 e. The van der Waals surface area contributed by atoms with E-state index >= 15 is 4.79 Å². The molecular weight excluding hydrogens is 731 g/mol. The number of carbonyl (C=O) groups is 5. The SMILES string of the molecule is CCCCC(NC(=O)[C@@H]1[C@@H]2[C@H](CN1C(=O)[C@@H](NC(=O)NC1(CS(=O)(=O)C(C)(C)C)CCCCC1)C1(C)CCCCC1)C2(C)C)C(=O)C(=O)NCc1ccccc1. The first-order chi connectivity index (χ1) is 26.3. The molecule has 56 heavy (non-hydrogen) atoms. The van der Waals surface area contributed by atoms with Gasteiger partial charge in [0.15, 0.2) is 9.84 Å². The molecule has 3 aliphatic carbocycles. The van der Waals surface area contributed by atoms with Gasteiger partial charge in [-0.2, -0.15) is 0 Å². The van der Waals surface area contributed by atoms with E-state index in [0.29, 0.717) is 38.6 Å². The van der Waals surface area contributed by atoms with Crippen LogP contribution in [0.1, 0.15) is 138 Å². The van der Waals surface area contributed by atoms with Crippen molar-refractivity contribution in [2.75, 3.05) is 12.3 Å². The number of urea groups is 1. The fourth-order valence-corrected chi connectivity index (χ4v) is 11.2. The molecule has 0 bridgehead atoms. The number of sulfone groups is 1. The second-order valence-corrected chi connectivity index (χ2v) is 21.8. The highest BCUT2D eigenvalue weighted by Crippen LogP contribution is 2.65. The Morgan fingerprint density at radius 2 is 1.48 bits per heavy atom. The highest BCUT2D eigenvalue weighted by Gasteiger charge is 2.70. The van der Waals surface area contributed by atoms with Crippen molar-refractivity contribution >= 4 is 39.4 Å². The van der Waals surface area contributed by atoms with E-state index < -0.39 is 67.3 Å². The van der Waals surface area contributed by atoms with Crippen molar-refractivity contribution in [2.45, 2.75) is 167 Å². The lowest BCUT2D eigenvalue weighted by atomic mass is 9.70. The number of amides is 5. The van der Waals surface area contributed by atoms with Crippen LogP contribution in [0, 0.1) is 22.7 Å². The summed E-state index contributed by atoms with van der Waals surface area (Å²) < 4.78 is 26.0. The molecule has 5 amide bonds. The minimum absolute atomic E-state index is 0.0583. The van der Waals surface area contributed by atoms with Crippen LogP contribution < -0.4 is 21.3 Å². The molecule has 0 aromatic heterocycles. The second-order valence-electron chi connectivity index (χ2n) is 19.1. The number of unbranched alkanes of at least 4 members (excludes halogenated alkanes) is 1. The second kappa shape index (κ2) is 17.2. The summed E-state index contributed by atoms with van der Waals surface area (Å²) in [5.41, 5.74) is -0.915. The summed E-state index contributed by atoms with van der Waals surface area (Å²) in [6.45, 7) is 13.7. The highest BCUT2D eigenvalue weighted by molar-refractivity contribution is 7.92. The predicted octanol–water partition coefficient (Wildman–Crippen LogP) is 5.58. The van der Waals surface area contributed by atoms with Gasteiger partial charge in [0.1, 0.15) is 12.1 Å². The van der Waals surface area contributed by atoms with Crippen molar-refractivity contribution in [2.24, 2.45) is 22.7 Å². The number of hydrogen-bond donors (Lipinski definition) is 4. The average Bonchev–Trinajstić information content (AvgIpc) is 3.44. The summed E-state index contributed by atoms with van der Waals surface area (Å²) in [5.74, 6) is -2.57. The third kappa shape index (κ3) is 9.61. The molecule has 13 heteroatoms. The van der Waals surface area contributed by atoms with Gasteiger partial charge in [0.2, 0.25) is 17.6 Å². The molecule has 0 radical (unpaired) electrons. The molecule has 1 aromatic rings. The fourth-order valence-electron chi connectivity index (χ4n) is 9.64. The van der Waals surface area contributed by atoms with E-state index in [2.05, 4.69) is 35.1 Å². The van der Waals surface area contributed by atoms with E-state index in [1.54, 1.807) is 25.7 Å². The Labute approximate surface area is 334 Å². The molecule has 1 saturated heterocycles.